The van der Waals surface area contributed by atoms with Crippen LogP contribution < -0.4 is 0 Å². The highest BCUT2D eigenvalue weighted by Gasteiger charge is 2.21. The summed E-state index contributed by atoms with van der Waals surface area (Å²) in [6.07, 6.45) is 4.39. The normalized spacial score (nSPS) is 15.3. The Balaban J connectivity index is 1.69. The van der Waals surface area contributed by atoms with Crippen molar-refractivity contribution >= 4 is 0 Å². The van der Waals surface area contributed by atoms with E-state index in [-0.39, 0.29) is 0 Å². The SMILES string of the molecule is Cc1ccc(-n2cc(CN(C)C3CCOCC3)c(-c3cccc(C)c3)n2)cc1. The number of aryl methyl sites for hydroxylation is 2. The van der Waals surface area contributed by atoms with Crippen molar-refractivity contribution in [2.45, 2.75) is 39.3 Å². The Morgan fingerprint density at radius 2 is 1.79 bits per heavy atom. The van der Waals surface area contributed by atoms with E-state index in [0.717, 1.165) is 44.0 Å². The lowest BCUT2D eigenvalue weighted by Gasteiger charge is -2.31. The summed E-state index contributed by atoms with van der Waals surface area (Å²) in [7, 11) is 2.22. The van der Waals surface area contributed by atoms with Gasteiger partial charge in [-0.1, -0.05) is 41.5 Å². The van der Waals surface area contributed by atoms with Gasteiger partial charge in [-0.15, -0.1) is 0 Å². The van der Waals surface area contributed by atoms with Gasteiger partial charge < -0.3 is 4.74 Å². The summed E-state index contributed by atoms with van der Waals surface area (Å²) >= 11 is 0. The number of hydrogen-bond donors (Lipinski definition) is 0. The van der Waals surface area contributed by atoms with Crippen LogP contribution in [0.1, 0.15) is 29.5 Å². The molecule has 1 saturated heterocycles. The van der Waals surface area contributed by atoms with Gasteiger partial charge >= 0.3 is 0 Å². The number of benzene rings is 2. The highest BCUT2D eigenvalue weighted by Crippen LogP contribution is 2.27. The van der Waals surface area contributed by atoms with Gasteiger partial charge in [-0.3, -0.25) is 4.90 Å². The van der Waals surface area contributed by atoms with E-state index in [1.54, 1.807) is 0 Å². The Kier molecular flexibility index (Phi) is 5.60. The average Bonchev–Trinajstić information content (AvgIpc) is 3.13. The van der Waals surface area contributed by atoms with Crippen molar-refractivity contribution in [3.05, 3.63) is 71.4 Å². The summed E-state index contributed by atoms with van der Waals surface area (Å²) in [5.74, 6) is 0. The highest BCUT2D eigenvalue weighted by atomic mass is 16.5. The van der Waals surface area contributed by atoms with Crippen LogP contribution in [0.25, 0.3) is 16.9 Å². The molecule has 0 bridgehead atoms. The summed E-state index contributed by atoms with van der Waals surface area (Å²) in [5, 5.41) is 4.98. The zero-order valence-electron chi connectivity index (χ0n) is 17.1. The molecule has 0 N–H and O–H groups in total. The van der Waals surface area contributed by atoms with Crippen molar-refractivity contribution < 1.29 is 4.74 Å². The smallest absolute Gasteiger partial charge is 0.0972 e. The van der Waals surface area contributed by atoms with Gasteiger partial charge in [-0.25, -0.2) is 4.68 Å². The van der Waals surface area contributed by atoms with Crippen LogP contribution in [0.15, 0.2) is 54.7 Å². The first-order chi connectivity index (χ1) is 13.6. The minimum absolute atomic E-state index is 0.571. The van der Waals surface area contributed by atoms with Gasteiger partial charge in [0.15, 0.2) is 0 Å². The number of ether oxygens (including phenoxy) is 1. The Hall–Kier alpha value is -2.43. The van der Waals surface area contributed by atoms with Crippen LogP contribution in [0.5, 0.6) is 0 Å². The molecule has 0 aliphatic carbocycles. The first-order valence-electron chi connectivity index (χ1n) is 10.1. The van der Waals surface area contributed by atoms with Crippen LogP contribution in [-0.4, -0.2) is 41.0 Å². The molecule has 0 spiro atoms. The molecule has 146 valence electrons. The maximum atomic E-state index is 5.53. The number of nitrogens with zero attached hydrogens (tertiary/aromatic N) is 3. The molecule has 3 aromatic rings. The summed E-state index contributed by atoms with van der Waals surface area (Å²) in [4.78, 5) is 2.46. The molecule has 1 aliphatic rings. The maximum absolute atomic E-state index is 5.53. The molecule has 4 rings (SSSR count). The van der Waals surface area contributed by atoms with Gasteiger partial charge in [-0.2, -0.15) is 5.10 Å². The van der Waals surface area contributed by atoms with E-state index in [1.807, 2.05) is 4.68 Å². The quantitative estimate of drug-likeness (QED) is 0.644. The average molecular weight is 376 g/mol. The van der Waals surface area contributed by atoms with Crippen LogP contribution in [0.2, 0.25) is 0 Å². The van der Waals surface area contributed by atoms with Gasteiger partial charge in [0.05, 0.1) is 11.4 Å². The molecule has 1 fully saturated rings. The summed E-state index contributed by atoms with van der Waals surface area (Å²) in [5.41, 5.74) is 7.13. The van der Waals surface area contributed by atoms with Crippen molar-refractivity contribution in [3.8, 4) is 16.9 Å². The lowest BCUT2D eigenvalue weighted by atomic mass is 10.0. The van der Waals surface area contributed by atoms with Crippen molar-refractivity contribution in [2.75, 3.05) is 20.3 Å². The molecule has 0 saturated carbocycles. The minimum atomic E-state index is 0.571. The number of hydrogen-bond acceptors (Lipinski definition) is 3. The van der Waals surface area contributed by atoms with E-state index in [9.17, 15) is 0 Å². The zero-order chi connectivity index (χ0) is 19.5. The Morgan fingerprint density at radius 1 is 1.04 bits per heavy atom. The molecular formula is C24H29N3O. The monoisotopic (exact) mass is 375 g/mol. The van der Waals surface area contributed by atoms with Crippen molar-refractivity contribution in [1.82, 2.24) is 14.7 Å². The van der Waals surface area contributed by atoms with Gasteiger partial charge in [0.2, 0.25) is 0 Å². The minimum Gasteiger partial charge on any atom is -0.381 e. The van der Waals surface area contributed by atoms with E-state index in [4.69, 9.17) is 9.84 Å². The van der Waals surface area contributed by atoms with E-state index >= 15 is 0 Å². The summed E-state index contributed by atoms with van der Waals surface area (Å²) in [6.45, 7) is 6.86. The van der Waals surface area contributed by atoms with E-state index in [0.29, 0.717) is 6.04 Å². The second kappa shape index (κ2) is 8.29. The molecule has 4 nitrogen and oxygen atoms in total. The van der Waals surface area contributed by atoms with Gasteiger partial charge in [0.25, 0.3) is 0 Å². The lowest BCUT2D eigenvalue weighted by molar-refractivity contribution is 0.0407. The van der Waals surface area contributed by atoms with E-state index in [2.05, 4.69) is 80.5 Å². The summed E-state index contributed by atoms with van der Waals surface area (Å²) in [6, 6.07) is 17.7. The van der Waals surface area contributed by atoms with Crippen molar-refractivity contribution in [3.63, 3.8) is 0 Å². The van der Waals surface area contributed by atoms with Crippen LogP contribution in [-0.2, 0) is 11.3 Å². The topological polar surface area (TPSA) is 30.3 Å². The standard InChI is InChI=1S/C24H29N3O/c1-18-7-9-23(10-8-18)27-17-21(16-26(3)22-11-13-28-14-12-22)24(25-27)20-6-4-5-19(2)15-20/h4-10,15,17,22H,11-14,16H2,1-3H3. The van der Waals surface area contributed by atoms with Crippen LogP contribution in [0, 0.1) is 13.8 Å². The second-order valence-electron chi connectivity index (χ2n) is 7.91. The van der Waals surface area contributed by atoms with E-state index < -0.39 is 0 Å². The Labute approximate surface area is 167 Å². The zero-order valence-corrected chi connectivity index (χ0v) is 17.1. The molecule has 4 heteroatoms. The molecular weight excluding hydrogens is 346 g/mol. The summed E-state index contributed by atoms with van der Waals surface area (Å²) < 4.78 is 7.55. The molecule has 0 unspecified atom stereocenters. The molecule has 0 atom stereocenters. The fourth-order valence-electron chi connectivity index (χ4n) is 3.91. The number of aromatic nitrogens is 2. The van der Waals surface area contributed by atoms with Gasteiger partial charge in [0.1, 0.15) is 0 Å². The molecule has 0 radical (unpaired) electrons. The van der Waals surface area contributed by atoms with Crippen LogP contribution in [0.3, 0.4) is 0 Å². The lowest BCUT2D eigenvalue weighted by Crippen LogP contribution is -2.36. The van der Waals surface area contributed by atoms with Crippen LogP contribution in [0.4, 0.5) is 0 Å². The molecule has 1 aliphatic heterocycles. The second-order valence-corrected chi connectivity index (χ2v) is 7.91. The first kappa shape index (κ1) is 18.9. The molecule has 0 amide bonds. The highest BCUT2D eigenvalue weighted by molar-refractivity contribution is 5.64. The molecule has 1 aromatic heterocycles. The molecule has 2 heterocycles. The third-order valence-corrected chi connectivity index (χ3v) is 5.61. The van der Waals surface area contributed by atoms with Crippen molar-refractivity contribution in [1.29, 1.82) is 0 Å². The fourth-order valence-corrected chi connectivity index (χ4v) is 3.91. The molecule has 28 heavy (non-hydrogen) atoms. The fraction of sp³-hybridized carbons (Fsp3) is 0.375. The molecule has 2 aromatic carbocycles. The largest absolute Gasteiger partial charge is 0.381 e. The van der Waals surface area contributed by atoms with Gasteiger partial charge in [0, 0.05) is 43.1 Å². The number of rotatable bonds is 5. The predicted molar refractivity (Wildman–Crippen MR) is 114 cm³/mol. The first-order valence-corrected chi connectivity index (χ1v) is 10.1. The van der Waals surface area contributed by atoms with Gasteiger partial charge in [-0.05, 0) is 51.9 Å². The third-order valence-electron chi connectivity index (χ3n) is 5.61. The van der Waals surface area contributed by atoms with E-state index in [1.165, 1.54) is 22.3 Å². The van der Waals surface area contributed by atoms with Crippen molar-refractivity contribution in [2.24, 2.45) is 0 Å². The Bertz CT molecular complexity index is 923. The Morgan fingerprint density at radius 3 is 2.50 bits per heavy atom. The maximum Gasteiger partial charge on any atom is 0.0972 e. The third kappa shape index (κ3) is 4.18. The predicted octanol–water partition coefficient (Wildman–Crippen LogP) is 4.77. The van der Waals surface area contributed by atoms with Crippen LogP contribution >= 0.6 is 0 Å².